The molecule has 2 heterocycles. The summed E-state index contributed by atoms with van der Waals surface area (Å²) in [7, 11) is 3.62. The van der Waals surface area contributed by atoms with Crippen LogP contribution in [0.4, 0.5) is 0 Å². The van der Waals surface area contributed by atoms with Crippen molar-refractivity contribution in [2.45, 2.75) is 45.3 Å². The maximum absolute atomic E-state index is 5.53. The van der Waals surface area contributed by atoms with Gasteiger partial charge in [0.1, 0.15) is 6.10 Å². The molecule has 1 saturated heterocycles. The van der Waals surface area contributed by atoms with Gasteiger partial charge in [-0.3, -0.25) is 0 Å². The van der Waals surface area contributed by atoms with Crippen LogP contribution in [0, 0.1) is 5.41 Å². The third-order valence-corrected chi connectivity index (χ3v) is 3.76. The summed E-state index contributed by atoms with van der Waals surface area (Å²) in [5, 5.41) is 7.40. The molecule has 114 valence electrons. The zero-order valence-electron chi connectivity index (χ0n) is 13.0. The van der Waals surface area contributed by atoms with Crippen LogP contribution in [-0.2, 0) is 9.47 Å². The van der Waals surface area contributed by atoms with E-state index in [9.17, 15) is 0 Å². The summed E-state index contributed by atoms with van der Waals surface area (Å²) in [6.07, 6.45) is 0.767. The minimum atomic E-state index is -0.183. The number of nitrogens with zero attached hydrogens (tertiary/aromatic N) is 2. The topological polar surface area (TPSA) is 69.4 Å². The van der Waals surface area contributed by atoms with Gasteiger partial charge >= 0.3 is 0 Å². The highest BCUT2D eigenvalue weighted by molar-refractivity contribution is 5.04. The molecule has 3 unspecified atom stereocenters. The smallest absolute Gasteiger partial charge is 0.233 e. The fourth-order valence-corrected chi connectivity index (χ4v) is 2.68. The van der Waals surface area contributed by atoms with Crippen LogP contribution in [0.1, 0.15) is 50.9 Å². The Labute approximate surface area is 120 Å². The molecule has 1 aromatic heterocycles. The van der Waals surface area contributed by atoms with Crippen LogP contribution in [0.2, 0.25) is 0 Å². The second-order valence-electron chi connectivity index (χ2n) is 6.34. The third-order valence-electron chi connectivity index (χ3n) is 3.76. The summed E-state index contributed by atoms with van der Waals surface area (Å²) < 4.78 is 16.5. The Morgan fingerprint density at radius 2 is 2.15 bits per heavy atom. The molecule has 1 aliphatic heterocycles. The molecule has 0 aliphatic carbocycles. The summed E-state index contributed by atoms with van der Waals surface area (Å²) >= 11 is 0. The van der Waals surface area contributed by atoms with Gasteiger partial charge in [0.2, 0.25) is 11.7 Å². The first-order valence-electron chi connectivity index (χ1n) is 7.08. The van der Waals surface area contributed by atoms with Gasteiger partial charge in [0.05, 0.1) is 12.5 Å². The van der Waals surface area contributed by atoms with Gasteiger partial charge in [0, 0.05) is 19.8 Å². The number of aromatic nitrogens is 2. The van der Waals surface area contributed by atoms with E-state index in [0.29, 0.717) is 24.4 Å². The van der Waals surface area contributed by atoms with Gasteiger partial charge in [-0.1, -0.05) is 25.9 Å². The Kier molecular flexibility index (Phi) is 4.78. The van der Waals surface area contributed by atoms with Gasteiger partial charge in [-0.05, 0) is 18.9 Å². The Bertz CT molecular complexity index is 428. The highest BCUT2D eigenvalue weighted by atomic mass is 16.5. The van der Waals surface area contributed by atoms with Crippen LogP contribution in [0.3, 0.4) is 0 Å². The zero-order valence-corrected chi connectivity index (χ0v) is 13.0. The average Bonchev–Trinajstić information content (AvgIpc) is 2.87. The number of hydrogen-bond donors (Lipinski definition) is 1. The summed E-state index contributed by atoms with van der Waals surface area (Å²) in [5.74, 6) is 1.34. The largest absolute Gasteiger partial charge is 0.381 e. The molecule has 0 saturated carbocycles. The van der Waals surface area contributed by atoms with Crippen molar-refractivity contribution in [2.24, 2.45) is 5.41 Å². The first kappa shape index (κ1) is 15.4. The number of rotatable bonds is 4. The molecule has 0 spiro atoms. The van der Waals surface area contributed by atoms with E-state index < -0.39 is 0 Å². The van der Waals surface area contributed by atoms with Crippen molar-refractivity contribution in [1.29, 1.82) is 0 Å². The van der Waals surface area contributed by atoms with Crippen LogP contribution < -0.4 is 5.32 Å². The van der Waals surface area contributed by atoms with E-state index >= 15 is 0 Å². The molecule has 0 amide bonds. The van der Waals surface area contributed by atoms with Gasteiger partial charge < -0.3 is 19.3 Å². The van der Waals surface area contributed by atoms with Crippen molar-refractivity contribution >= 4 is 0 Å². The first-order chi connectivity index (χ1) is 9.47. The lowest BCUT2D eigenvalue weighted by Gasteiger charge is -2.28. The monoisotopic (exact) mass is 283 g/mol. The molecular weight excluding hydrogens is 258 g/mol. The normalized spacial score (nSPS) is 25.6. The molecule has 20 heavy (non-hydrogen) atoms. The van der Waals surface area contributed by atoms with E-state index in [1.807, 2.05) is 7.05 Å². The number of hydrogen-bond acceptors (Lipinski definition) is 6. The predicted molar refractivity (Wildman–Crippen MR) is 74.5 cm³/mol. The van der Waals surface area contributed by atoms with Crippen molar-refractivity contribution in [3.05, 3.63) is 11.7 Å². The van der Waals surface area contributed by atoms with E-state index in [2.05, 4.69) is 36.2 Å². The second kappa shape index (κ2) is 6.20. The van der Waals surface area contributed by atoms with E-state index in [4.69, 9.17) is 14.0 Å². The molecule has 0 bridgehead atoms. The lowest BCUT2D eigenvalue weighted by Crippen LogP contribution is -2.39. The first-order valence-corrected chi connectivity index (χ1v) is 7.08. The summed E-state index contributed by atoms with van der Waals surface area (Å²) in [5.41, 5.74) is -0.0820. The number of methoxy groups -OCH3 is 1. The number of likely N-dealkylation sites (N-methyl/N-ethyl adjacent to an activating group) is 1. The molecule has 2 rings (SSSR count). The SMILES string of the molecule is CNC1CCOCC1c1nc(C(OC)C(C)(C)C)no1. The quantitative estimate of drug-likeness (QED) is 0.910. The predicted octanol–water partition coefficient (Wildman–Crippen LogP) is 1.90. The molecule has 1 aliphatic rings. The van der Waals surface area contributed by atoms with Crippen molar-refractivity contribution < 1.29 is 14.0 Å². The maximum Gasteiger partial charge on any atom is 0.233 e. The molecule has 0 radical (unpaired) electrons. The van der Waals surface area contributed by atoms with Gasteiger partial charge in [0.15, 0.2) is 0 Å². The van der Waals surface area contributed by atoms with Crippen LogP contribution in [0.5, 0.6) is 0 Å². The van der Waals surface area contributed by atoms with E-state index in [0.717, 1.165) is 13.0 Å². The molecule has 1 N–H and O–H groups in total. The summed E-state index contributed by atoms with van der Waals surface area (Å²) in [6.45, 7) is 7.66. The Morgan fingerprint density at radius 3 is 2.75 bits per heavy atom. The fourth-order valence-electron chi connectivity index (χ4n) is 2.68. The van der Waals surface area contributed by atoms with Gasteiger partial charge in [-0.15, -0.1) is 0 Å². The lowest BCUT2D eigenvalue weighted by atomic mass is 9.88. The standard InChI is InChI=1S/C14H25N3O3/c1-14(2,3)11(18-5)12-16-13(20-17-12)9-8-19-7-6-10(9)15-4/h9-11,15H,6-8H2,1-5H3. The van der Waals surface area contributed by atoms with Crippen molar-refractivity contribution in [2.75, 3.05) is 27.4 Å². The fraction of sp³-hybridized carbons (Fsp3) is 0.857. The van der Waals surface area contributed by atoms with Gasteiger partial charge in [-0.25, -0.2) is 0 Å². The minimum absolute atomic E-state index is 0.0820. The molecule has 6 nitrogen and oxygen atoms in total. The Morgan fingerprint density at radius 1 is 1.40 bits per heavy atom. The lowest BCUT2D eigenvalue weighted by molar-refractivity contribution is 0.00718. The van der Waals surface area contributed by atoms with Crippen LogP contribution in [0.15, 0.2) is 4.52 Å². The van der Waals surface area contributed by atoms with Crippen molar-refractivity contribution in [1.82, 2.24) is 15.5 Å². The Hall–Kier alpha value is -0.980. The number of nitrogens with one attached hydrogen (secondary N) is 1. The van der Waals surface area contributed by atoms with Crippen molar-refractivity contribution in [3.63, 3.8) is 0 Å². The molecular formula is C14H25N3O3. The number of ether oxygens (including phenoxy) is 2. The van der Waals surface area contributed by atoms with E-state index in [1.165, 1.54) is 0 Å². The van der Waals surface area contributed by atoms with Crippen LogP contribution >= 0.6 is 0 Å². The van der Waals surface area contributed by atoms with E-state index in [-0.39, 0.29) is 17.4 Å². The second-order valence-corrected chi connectivity index (χ2v) is 6.34. The van der Waals surface area contributed by atoms with E-state index in [1.54, 1.807) is 7.11 Å². The maximum atomic E-state index is 5.53. The Balaban J connectivity index is 2.19. The molecule has 0 aromatic carbocycles. The molecule has 1 aromatic rings. The van der Waals surface area contributed by atoms with Gasteiger partial charge in [-0.2, -0.15) is 4.98 Å². The highest BCUT2D eigenvalue weighted by Crippen LogP contribution is 2.35. The zero-order chi connectivity index (χ0) is 14.8. The van der Waals surface area contributed by atoms with Gasteiger partial charge in [0.25, 0.3) is 0 Å². The third kappa shape index (κ3) is 3.19. The minimum Gasteiger partial charge on any atom is -0.381 e. The molecule has 3 atom stereocenters. The van der Waals surface area contributed by atoms with Crippen LogP contribution in [-0.4, -0.2) is 43.6 Å². The highest BCUT2D eigenvalue weighted by Gasteiger charge is 2.34. The van der Waals surface area contributed by atoms with Crippen LogP contribution in [0.25, 0.3) is 0 Å². The van der Waals surface area contributed by atoms with Crippen molar-refractivity contribution in [3.8, 4) is 0 Å². The summed E-state index contributed by atoms with van der Waals surface area (Å²) in [6, 6.07) is 0.313. The molecule has 1 fully saturated rings. The molecule has 6 heteroatoms. The summed E-state index contributed by atoms with van der Waals surface area (Å²) in [4.78, 5) is 4.55. The average molecular weight is 283 g/mol.